The third kappa shape index (κ3) is 1.54. The first-order valence-corrected chi connectivity index (χ1v) is 8.40. The molecular formula is C18H24N2. The minimum atomic E-state index is 0.790. The highest BCUT2D eigenvalue weighted by molar-refractivity contribution is 5.56. The second kappa shape index (κ2) is 4.00. The molecule has 2 heterocycles. The lowest BCUT2D eigenvalue weighted by molar-refractivity contribution is 0.214. The first-order chi connectivity index (χ1) is 9.81. The molecule has 1 saturated heterocycles. The quantitative estimate of drug-likeness (QED) is 0.786. The molecule has 0 spiro atoms. The number of hydrogen-bond acceptors (Lipinski definition) is 2. The van der Waals surface area contributed by atoms with Crippen LogP contribution in [0.1, 0.15) is 38.5 Å². The lowest BCUT2D eigenvalue weighted by atomic mass is 9.72. The second-order valence-corrected chi connectivity index (χ2v) is 7.44. The van der Waals surface area contributed by atoms with Crippen LogP contribution in [0.2, 0.25) is 0 Å². The number of rotatable bonds is 1. The zero-order chi connectivity index (χ0) is 13.3. The van der Waals surface area contributed by atoms with Crippen LogP contribution >= 0.6 is 0 Å². The maximum atomic E-state index is 3.66. The molecule has 0 aromatic heterocycles. The summed E-state index contributed by atoms with van der Waals surface area (Å²) >= 11 is 0. The van der Waals surface area contributed by atoms with Crippen molar-refractivity contribution in [2.45, 2.75) is 44.6 Å². The zero-order valence-electron chi connectivity index (χ0n) is 12.4. The van der Waals surface area contributed by atoms with E-state index in [0.717, 1.165) is 17.9 Å². The Bertz CT molecular complexity index is 562. The largest absolute Gasteiger partial charge is 0.384 e. The average Bonchev–Trinajstić information content (AvgIpc) is 3.22. The Morgan fingerprint density at radius 2 is 2.10 bits per heavy atom. The number of fused-ring (bicyclic) bond motifs is 1. The molecule has 0 radical (unpaired) electrons. The van der Waals surface area contributed by atoms with E-state index in [1.54, 1.807) is 16.7 Å². The monoisotopic (exact) mass is 268 g/mol. The molecule has 0 bridgehead atoms. The Balaban J connectivity index is 1.57. The highest BCUT2D eigenvalue weighted by Gasteiger charge is 2.42. The molecule has 1 N–H and O–H groups in total. The van der Waals surface area contributed by atoms with Gasteiger partial charge in [-0.1, -0.05) is 11.6 Å². The summed E-state index contributed by atoms with van der Waals surface area (Å²) in [7, 11) is 2.36. The van der Waals surface area contributed by atoms with E-state index in [4.69, 9.17) is 0 Å². The third-order valence-electron chi connectivity index (χ3n) is 6.18. The summed E-state index contributed by atoms with van der Waals surface area (Å²) in [6, 6.07) is 0.851. The van der Waals surface area contributed by atoms with Gasteiger partial charge in [0.15, 0.2) is 0 Å². The van der Waals surface area contributed by atoms with Crippen LogP contribution in [0.5, 0.6) is 0 Å². The number of likely N-dealkylation sites (N-methyl/N-ethyl adjacent to an activating group) is 1. The lowest BCUT2D eigenvalue weighted by Gasteiger charge is -2.41. The topological polar surface area (TPSA) is 15.3 Å². The Hall–Kier alpha value is -1.02. The predicted molar refractivity (Wildman–Crippen MR) is 81.2 cm³/mol. The van der Waals surface area contributed by atoms with Gasteiger partial charge < -0.3 is 5.32 Å². The fourth-order valence-corrected chi connectivity index (χ4v) is 5.05. The minimum Gasteiger partial charge on any atom is -0.384 e. The molecule has 3 aliphatic carbocycles. The van der Waals surface area contributed by atoms with E-state index in [2.05, 4.69) is 23.3 Å². The molecule has 0 aromatic rings. The van der Waals surface area contributed by atoms with Gasteiger partial charge in [-0.2, -0.15) is 0 Å². The van der Waals surface area contributed by atoms with Crippen LogP contribution in [0.15, 0.2) is 34.1 Å². The lowest BCUT2D eigenvalue weighted by Crippen LogP contribution is -2.41. The van der Waals surface area contributed by atoms with Crippen molar-refractivity contribution >= 4 is 0 Å². The van der Waals surface area contributed by atoms with Crippen molar-refractivity contribution in [2.24, 2.45) is 11.8 Å². The number of hydrogen-bond donors (Lipinski definition) is 1. The smallest absolute Gasteiger partial charge is 0.0339 e. The van der Waals surface area contributed by atoms with E-state index >= 15 is 0 Å². The summed E-state index contributed by atoms with van der Waals surface area (Å²) in [6.45, 7) is 2.40. The van der Waals surface area contributed by atoms with Gasteiger partial charge in [-0.25, -0.2) is 0 Å². The number of allylic oxidation sites excluding steroid dienone is 2. The van der Waals surface area contributed by atoms with Gasteiger partial charge in [-0.3, -0.25) is 4.90 Å². The summed E-state index contributed by atoms with van der Waals surface area (Å²) < 4.78 is 0. The van der Waals surface area contributed by atoms with Crippen molar-refractivity contribution in [1.82, 2.24) is 10.2 Å². The van der Waals surface area contributed by atoms with Crippen molar-refractivity contribution < 1.29 is 0 Å². The van der Waals surface area contributed by atoms with Gasteiger partial charge in [0.25, 0.3) is 0 Å². The van der Waals surface area contributed by atoms with E-state index in [9.17, 15) is 0 Å². The fourth-order valence-electron chi connectivity index (χ4n) is 5.05. The van der Waals surface area contributed by atoms with Crippen LogP contribution in [-0.2, 0) is 0 Å². The molecule has 106 valence electrons. The Labute approximate surface area is 121 Å². The molecular weight excluding hydrogens is 244 g/mol. The summed E-state index contributed by atoms with van der Waals surface area (Å²) in [5.41, 5.74) is 8.49. The van der Waals surface area contributed by atoms with Crippen molar-refractivity contribution in [3.05, 3.63) is 34.1 Å². The zero-order valence-corrected chi connectivity index (χ0v) is 12.4. The van der Waals surface area contributed by atoms with Crippen LogP contribution < -0.4 is 5.32 Å². The van der Waals surface area contributed by atoms with Crippen LogP contribution in [0.25, 0.3) is 0 Å². The summed E-state index contributed by atoms with van der Waals surface area (Å²) in [6.07, 6.45) is 10.6. The first kappa shape index (κ1) is 11.6. The van der Waals surface area contributed by atoms with Gasteiger partial charge in [0, 0.05) is 30.7 Å². The average molecular weight is 268 g/mol. The molecule has 2 fully saturated rings. The SMILES string of the molecule is CN1CC2=C(CC3CNC4=CCCC2=C43)CC1C1CC1. The highest BCUT2D eigenvalue weighted by Crippen LogP contribution is 2.49. The normalized spacial score (nSPS) is 36.5. The van der Waals surface area contributed by atoms with Gasteiger partial charge in [-0.05, 0) is 68.2 Å². The van der Waals surface area contributed by atoms with E-state index in [1.807, 2.05) is 5.57 Å². The maximum Gasteiger partial charge on any atom is 0.0339 e. The van der Waals surface area contributed by atoms with E-state index in [1.165, 1.54) is 57.3 Å². The molecule has 1 saturated carbocycles. The molecule has 0 aromatic carbocycles. The molecule has 2 nitrogen and oxygen atoms in total. The summed E-state index contributed by atoms with van der Waals surface area (Å²) in [4.78, 5) is 2.66. The van der Waals surface area contributed by atoms with Gasteiger partial charge >= 0.3 is 0 Å². The molecule has 5 rings (SSSR count). The van der Waals surface area contributed by atoms with E-state index in [0.29, 0.717) is 0 Å². The van der Waals surface area contributed by atoms with Crippen LogP contribution in [0.3, 0.4) is 0 Å². The van der Waals surface area contributed by atoms with Gasteiger partial charge in [0.2, 0.25) is 0 Å². The standard InChI is InChI=1S/C18H24N2/c1-20-10-15-12(8-17(20)11-5-6-11)7-13-9-19-16-4-2-3-14(15)18(13)16/h4,11,13,17,19H,2-3,5-10H2,1H3. The van der Waals surface area contributed by atoms with E-state index in [-0.39, 0.29) is 0 Å². The third-order valence-corrected chi connectivity index (χ3v) is 6.18. The Morgan fingerprint density at radius 1 is 1.20 bits per heavy atom. The van der Waals surface area contributed by atoms with Crippen molar-refractivity contribution in [3.8, 4) is 0 Å². The van der Waals surface area contributed by atoms with Gasteiger partial charge in [-0.15, -0.1) is 0 Å². The van der Waals surface area contributed by atoms with Crippen LogP contribution in [-0.4, -0.2) is 31.1 Å². The van der Waals surface area contributed by atoms with Crippen LogP contribution in [0.4, 0.5) is 0 Å². The number of nitrogens with zero attached hydrogens (tertiary/aromatic N) is 1. The van der Waals surface area contributed by atoms with Crippen molar-refractivity contribution in [1.29, 1.82) is 0 Å². The van der Waals surface area contributed by atoms with Gasteiger partial charge in [0.1, 0.15) is 0 Å². The molecule has 0 amide bonds. The second-order valence-electron chi connectivity index (χ2n) is 7.44. The summed E-state index contributed by atoms with van der Waals surface area (Å²) in [5.74, 6) is 1.80. The first-order valence-electron chi connectivity index (χ1n) is 8.40. The molecule has 2 atom stereocenters. The van der Waals surface area contributed by atoms with Crippen molar-refractivity contribution in [3.63, 3.8) is 0 Å². The Kier molecular flexibility index (Phi) is 2.33. The van der Waals surface area contributed by atoms with E-state index < -0.39 is 0 Å². The molecule has 2 unspecified atom stereocenters. The highest BCUT2D eigenvalue weighted by atomic mass is 15.1. The fraction of sp³-hybridized carbons (Fsp3) is 0.667. The minimum absolute atomic E-state index is 0.790. The molecule has 5 aliphatic rings. The molecule has 2 heteroatoms. The predicted octanol–water partition coefficient (Wildman–Crippen LogP) is 2.99. The maximum absolute atomic E-state index is 3.66. The van der Waals surface area contributed by atoms with Gasteiger partial charge in [0.05, 0.1) is 0 Å². The molecule has 20 heavy (non-hydrogen) atoms. The summed E-state index contributed by atoms with van der Waals surface area (Å²) in [5, 5.41) is 3.66. The molecule has 2 aliphatic heterocycles. The van der Waals surface area contributed by atoms with Crippen LogP contribution in [0, 0.1) is 11.8 Å². The van der Waals surface area contributed by atoms with Crippen molar-refractivity contribution in [2.75, 3.05) is 20.1 Å². The Morgan fingerprint density at radius 3 is 2.95 bits per heavy atom. The number of nitrogens with one attached hydrogen (secondary N) is 1.